The largest absolute Gasteiger partial charge is 1.00 e. The van der Waals surface area contributed by atoms with Crippen LogP contribution in [0.1, 0.15) is 0 Å². The van der Waals surface area contributed by atoms with Gasteiger partial charge in [-0.2, -0.15) is 0 Å². The number of hydrogen-bond donors (Lipinski definition) is 0. The Balaban J connectivity index is 0. The van der Waals surface area contributed by atoms with Crippen molar-refractivity contribution >= 4 is 11.6 Å². The predicted molar refractivity (Wildman–Crippen MR) is 36.5 cm³/mol. The molecule has 0 N–H and O–H groups in total. The first-order valence-corrected chi connectivity index (χ1v) is 2.74. The third kappa shape index (κ3) is 4.19. The minimum Gasteiger partial charge on any atom is -1.00 e. The Morgan fingerprint density at radius 3 is 2.30 bits per heavy atom. The predicted octanol–water partition coefficient (Wildman–Crippen LogP) is -0.559. The summed E-state index contributed by atoms with van der Waals surface area (Å²) in [5, 5.41) is 0.748. The van der Waals surface area contributed by atoms with Crippen molar-refractivity contribution in [2.24, 2.45) is 0 Å². The fourth-order valence-corrected chi connectivity index (χ4v) is 0.750. The van der Waals surface area contributed by atoms with E-state index in [1.54, 1.807) is 0 Å². The molecule has 0 bridgehead atoms. The molecule has 2 radical (unpaired) electrons. The van der Waals surface area contributed by atoms with Gasteiger partial charge >= 0.3 is 0 Å². The summed E-state index contributed by atoms with van der Waals surface area (Å²) in [5.41, 5.74) is 0.956. The van der Waals surface area contributed by atoms with Crippen LogP contribution in [0.3, 0.4) is 0 Å². The maximum absolute atomic E-state index is 5.60. The Hall–Kier alpha value is 0.319. The van der Waals surface area contributed by atoms with Gasteiger partial charge in [0.1, 0.15) is 0 Å². The van der Waals surface area contributed by atoms with Crippen molar-refractivity contribution in [2.45, 2.75) is 0 Å². The Bertz CT molecular complexity index is 170. The molecule has 0 fully saturated rings. The summed E-state index contributed by atoms with van der Waals surface area (Å²) in [6.45, 7) is 3.70. The average Bonchev–Trinajstić information content (AvgIpc) is 1.64. The maximum Gasteiger partial charge on any atom is 0.0309 e. The Morgan fingerprint density at radius 2 is 2.00 bits per heavy atom. The second-order valence-electron chi connectivity index (χ2n) is 1.63. The van der Waals surface area contributed by atoms with Gasteiger partial charge in [-0.1, -0.05) is 30.3 Å². The zero-order valence-electron chi connectivity index (χ0n) is 5.15. The summed E-state index contributed by atoms with van der Waals surface area (Å²) in [5.74, 6) is 0. The van der Waals surface area contributed by atoms with Crippen LogP contribution in [0.5, 0.6) is 0 Å². The van der Waals surface area contributed by atoms with Crippen molar-refractivity contribution < 1.29 is 29.5 Å². The number of hydrogen-bond acceptors (Lipinski definition) is 0. The zero-order valence-corrected chi connectivity index (χ0v) is 7.84. The minimum atomic E-state index is 0. The molecule has 10 heavy (non-hydrogen) atoms. The van der Waals surface area contributed by atoms with Crippen molar-refractivity contribution in [1.29, 1.82) is 0 Å². The normalized spacial score (nSPS) is 14.9. The molecule has 0 aromatic rings. The van der Waals surface area contributed by atoms with Crippen LogP contribution < -0.4 is 12.4 Å². The molecule has 0 atom stereocenters. The van der Waals surface area contributed by atoms with Crippen molar-refractivity contribution in [1.82, 2.24) is 0 Å². The third-order valence-corrected chi connectivity index (χ3v) is 1.12. The summed E-state index contributed by atoms with van der Waals surface area (Å²) in [6, 6.07) is 0. The van der Waals surface area contributed by atoms with Gasteiger partial charge in [0.2, 0.25) is 0 Å². The molecule has 0 unspecified atom stereocenters. The van der Waals surface area contributed by atoms with Crippen LogP contribution in [0.15, 0.2) is 35.4 Å². The maximum atomic E-state index is 5.60. The van der Waals surface area contributed by atoms with Gasteiger partial charge in [-0.15, -0.1) is 0 Å². The smallest absolute Gasteiger partial charge is 0.0309 e. The molecule has 1 aliphatic rings. The SMILES string of the molecule is C=C1[CH]C(Cl)=CC=C1.[Cl-].[Mn]. The number of rotatable bonds is 0. The molecular formula is C7H6Cl2Mn-. The molecule has 1 rings (SSSR count). The van der Waals surface area contributed by atoms with E-state index < -0.39 is 0 Å². The van der Waals surface area contributed by atoms with E-state index in [9.17, 15) is 0 Å². The molecule has 1 aliphatic carbocycles. The molecule has 56 valence electrons. The fourth-order valence-electron chi connectivity index (χ4n) is 0.537. The third-order valence-electron chi connectivity index (χ3n) is 0.889. The van der Waals surface area contributed by atoms with Gasteiger partial charge in [-0.3, -0.25) is 0 Å². The van der Waals surface area contributed by atoms with Crippen molar-refractivity contribution in [3.05, 3.63) is 41.8 Å². The van der Waals surface area contributed by atoms with Crippen LogP contribution in [0.25, 0.3) is 0 Å². The van der Waals surface area contributed by atoms with Crippen LogP contribution in [0, 0.1) is 6.42 Å². The second kappa shape index (κ2) is 6.06. The van der Waals surface area contributed by atoms with Gasteiger partial charge in [0.15, 0.2) is 0 Å². The molecule has 0 amide bonds. The zero-order chi connectivity index (χ0) is 5.98. The minimum absolute atomic E-state index is 0. The summed E-state index contributed by atoms with van der Waals surface area (Å²) in [4.78, 5) is 0. The van der Waals surface area contributed by atoms with Crippen molar-refractivity contribution in [2.75, 3.05) is 0 Å². The number of halogens is 2. The molecular weight excluding hydrogens is 210 g/mol. The fraction of sp³-hybridized carbons (Fsp3) is 0. The second-order valence-corrected chi connectivity index (χ2v) is 2.07. The summed E-state index contributed by atoms with van der Waals surface area (Å²) in [7, 11) is 0. The van der Waals surface area contributed by atoms with Gasteiger partial charge in [0.05, 0.1) is 0 Å². The van der Waals surface area contributed by atoms with Gasteiger partial charge in [0.25, 0.3) is 0 Å². The van der Waals surface area contributed by atoms with E-state index in [2.05, 4.69) is 6.58 Å². The standard InChI is InChI=1S/C7H6Cl.ClH.Mn/c1-6-3-2-4-7(8)5-6;;/h2-5H,1H2;1H;/p-1. The topological polar surface area (TPSA) is 0 Å². The first-order chi connectivity index (χ1) is 3.79. The molecule has 0 aromatic carbocycles. The van der Waals surface area contributed by atoms with Crippen molar-refractivity contribution in [3.63, 3.8) is 0 Å². The van der Waals surface area contributed by atoms with E-state index in [1.165, 1.54) is 0 Å². The van der Waals surface area contributed by atoms with Gasteiger partial charge in [-0.25, -0.2) is 0 Å². The molecule has 3 heteroatoms. The molecule has 0 saturated heterocycles. The molecule has 0 nitrogen and oxygen atoms in total. The van der Waals surface area contributed by atoms with Gasteiger partial charge in [0, 0.05) is 28.5 Å². The van der Waals surface area contributed by atoms with E-state index >= 15 is 0 Å². The van der Waals surface area contributed by atoms with Crippen molar-refractivity contribution in [3.8, 4) is 0 Å². The van der Waals surface area contributed by atoms with E-state index in [4.69, 9.17) is 11.6 Å². The Morgan fingerprint density at radius 1 is 1.40 bits per heavy atom. The monoisotopic (exact) mass is 215 g/mol. The Kier molecular flexibility index (Phi) is 7.84. The van der Waals surface area contributed by atoms with Gasteiger partial charge in [-0.05, 0) is 11.6 Å². The van der Waals surface area contributed by atoms with E-state index in [0.717, 1.165) is 10.6 Å². The first-order valence-electron chi connectivity index (χ1n) is 2.36. The molecule has 0 aliphatic heterocycles. The Labute approximate surface area is 82.9 Å². The van der Waals surface area contributed by atoms with Crippen LogP contribution >= 0.6 is 11.6 Å². The first kappa shape index (κ1) is 12.9. The van der Waals surface area contributed by atoms with E-state index in [0.29, 0.717) is 0 Å². The van der Waals surface area contributed by atoms with E-state index in [-0.39, 0.29) is 29.5 Å². The molecule has 0 spiro atoms. The summed E-state index contributed by atoms with van der Waals surface area (Å²) in [6.07, 6.45) is 7.44. The van der Waals surface area contributed by atoms with Crippen LogP contribution in [0.4, 0.5) is 0 Å². The van der Waals surface area contributed by atoms with Crippen LogP contribution in [-0.4, -0.2) is 0 Å². The average molecular weight is 216 g/mol. The van der Waals surface area contributed by atoms with Crippen LogP contribution in [-0.2, 0) is 17.1 Å². The van der Waals surface area contributed by atoms with Crippen LogP contribution in [0.2, 0.25) is 0 Å². The molecule has 0 saturated carbocycles. The molecule has 0 heterocycles. The summed E-state index contributed by atoms with van der Waals surface area (Å²) < 4.78 is 0. The van der Waals surface area contributed by atoms with E-state index in [1.807, 2.05) is 24.6 Å². The quantitative estimate of drug-likeness (QED) is 0.476. The molecule has 0 aromatic heterocycles. The summed E-state index contributed by atoms with van der Waals surface area (Å²) >= 11 is 5.60. The van der Waals surface area contributed by atoms with Gasteiger partial charge < -0.3 is 12.4 Å². The number of allylic oxidation sites excluding steroid dienone is 5.